The van der Waals surface area contributed by atoms with Gasteiger partial charge in [0.15, 0.2) is 0 Å². The van der Waals surface area contributed by atoms with Gasteiger partial charge in [0.05, 0.1) is 0 Å². The van der Waals surface area contributed by atoms with E-state index < -0.39 is 16.7 Å². The minimum absolute atomic E-state index is 0.0864. The third-order valence-electron chi connectivity index (χ3n) is 2.78. The van der Waals surface area contributed by atoms with Crippen molar-refractivity contribution >= 4 is 28.0 Å². The number of carbonyl (C=O) groups is 1. The van der Waals surface area contributed by atoms with E-state index in [0.29, 0.717) is 5.75 Å². The van der Waals surface area contributed by atoms with E-state index in [9.17, 15) is 9.00 Å². The van der Waals surface area contributed by atoms with Crippen LogP contribution in [0.3, 0.4) is 0 Å². The first-order valence-corrected chi connectivity index (χ1v) is 8.25. The largest absolute Gasteiger partial charge is 0.369 e. The first-order chi connectivity index (χ1) is 9.08. The van der Waals surface area contributed by atoms with Crippen molar-refractivity contribution in [3.63, 3.8) is 0 Å². The van der Waals surface area contributed by atoms with Gasteiger partial charge in [-0.3, -0.25) is 9.00 Å². The average Bonchev–Trinajstić information content (AvgIpc) is 2.75. The summed E-state index contributed by atoms with van der Waals surface area (Å²) in [4.78, 5) is 10.8. The maximum atomic E-state index is 11.8. The minimum Gasteiger partial charge on any atom is -0.369 e. The normalized spacial score (nSPS) is 12.3. The summed E-state index contributed by atoms with van der Waals surface area (Å²) in [7, 11) is -1.25. The Hall–Kier alpha value is -1.46. The highest BCUT2D eigenvalue weighted by molar-refractivity contribution is 7.84. The van der Waals surface area contributed by atoms with Crippen LogP contribution in [0.4, 0.5) is 0 Å². The Labute approximate surface area is 118 Å². The first-order valence-electron chi connectivity index (χ1n) is 5.82. The smallest absolute Gasteiger partial charge is 0.230 e. The summed E-state index contributed by atoms with van der Waals surface area (Å²) in [5, 5.41) is 4.18. The van der Waals surface area contributed by atoms with Gasteiger partial charge in [-0.1, -0.05) is 24.3 Å². The lowest BCUT2D eigenvalue weighted by Gasteiger charge is -2.08. The van der Waals surface area contributed by atoms with Gasteiger partial charge in [-0.05, 0) is 39.9 Å². The van der Waals surface area contributed by atoms with Crippen LogP contribution >= 0.6 is 11.3 Å². The van der Waals surface area contributed by atoms with E-state index in [4.69, 9.17) is 5.73 Å². The molecule has 1 heterocycles. The van der Waals surface area contributed by atoms with Gasteiger partial charge in [0, 0.05) is 16.6 Å². The van der Waals surface area contributed by atoms with Crippen molar-refractivity contribution in [1.29, 1.82) is 0 Å². The molecule has 0 aliphatic heterocycles. The highest BCUT2D eigenvalue weighted by Gasteiger charge is 2.11. The van der Waals surface area contributed by atoms with Gasteiger partial charge in [-0.15, -0.1) is 0 Å². The molecule has 3 nitrogen and oxygen atoms in total. The quantitative estimate of drug-likeness (QED) is 0.920. The van der Waals surface area contributed by atoms with Crippen LogP contribution in [0, 0.1) is 6.92 Å². The van der Waals surface area contributed by atoms with Gasteiger partial charge in [0.1, 0.15) is 5.75 Å². The number of aryl methyl sites for hydroxylation is 1. The van der Waals surface area contributed by atoms with Gasteiger partial charge >= 0.3 is 0 Å². The molecular formula is C14H15NO2S2. The predicted molar refractivity (Wildman–Crippen MR) is 80.4 cm³/mol. The summed E-state index contributed by atoms with van der Waals surface area (Å²) in [5.41, 5.74) is 9.52. The maximum Gasteiger partial charge on any atom is 0.230 e. The van der Waals surface area contributed by atoms with Crippen LogP contribution in [0.2, 0.25) is 0 Å². The van der Waals surface area contributed by atoms with Crippen molar-refractivity contribution in [1.82, 2.24) is 0 Å². The minimum atomic E-state index is -1.25. The fourth-order valence-corrected chi connectivity index (χ4v) is 3.79. The number of primary amides is 1. The molecule has 0 aliphatic carbocycles. The molecule has 2 N–H and O–H groups in total. The molecule has 2 aromatic rings. The van der Waals surface area contributed by atoms with Crippen molar-refractivity contribution in [2.45, 2.75) is 12.7 Å². The first kappa shape index (κ1) is 14.0. The molecule has 100 valence electrons. The predicted octanol–water partition coefficient (Wildman–Crippen LogP) is 2.46. The van der Waals surface area contributed by atoms with Crippen LogP contribution in [-0.2, 0) is 21.3 Å². The third kappa shape index (κ3) is 3.52. The van der Waals surface area contributed by atoms with Gasteiger partial charge in [-0.25, -0.2) is 0 Å². The highest BCUT2D eigenvalue weighted by Crippen LogP contribution is 2.30. The summed E-state index contributed by atoms with van der Waals surface area (Å²) < 4.78 is 11.8. The topological polar surface area (TPSA) is 60.2 Å². The molecule has 0 unspecified atom stereocenters. The molecule has 0 aliphatic rings. The number of hydrogen-bond donors (Lipinski definition) is 1. The molecule has 1 aromatic carbocycles. The Kier molecular flexibility index (Phi) is 4.50. The zero-order chi connectivity index (χ0) is 13.8. The Morgan fingerprint density at radius 1 is 1.26 bits per heavy atom. The van der Waals surface area contributed by atoms with Crippen LogP contribution in [0.5, 0.6) is 0 Å². The molecule has 0 radical (unpaired) electrons. The molecule has 0 saturated heterocycles. The van der Waals surface area contributed by atoms with E-state index in [1.165, 1.54) is 5.56 Å². The fourth-order valence-electron chi connectivity index (χ4n) is 1.93. The lowest BCUT2D eigenvalue weighted by molar-refractivity contribution is -0.115. The summed E-state index contributed by atoms with van der Waals surface area (Å²) in [6, 6.07) is 7.85. The van der Waals surface area contributed by atoms with Crippen LogP contribution in [-0.4, -0.2) is 15.9 Å². The van der Waals surface area contributed by atoms with Gasteiger partial charge < -0.3 is 5.73 Å². The van der Waals surface area contributed by atoms with Crippen LogP contribution in [0.25, 0.3) is 11.1 Å². The Morgan fingerprint density at radius 3 is 2.63 bits per heavy atom. The Balaban J connectivity index is 2.30. The van der Waals surface area contributed by atoms with Gasteiger partial charge in [0.25, 0.3) is 0 Å². The maximum absolute atomic E-state index is 11.8. The van der Waals surface area contributed by atoms with Crippen molar-refractivity contribution in [3.05, 3.63) is 46.2 Å². The lowest BCUT2D eigenvalue weighted by atomic mass is 10.0. The van der Waals surface area contributed by atoms with E-state index >= 15 is 0 Å². The molecular weight excluding hydrogens is 278 g/mol. The number of carbonyl (C=O) groups excluding carboxylic acids is 1. The second-order valence-electron chi connectivity index (χ2n) is 4.32. The molecule has 0 bridgehead atoms. The second kappa shape index (κ2) is 6.12. The van der Waals surface area contributed by atoms with E-state index in [0.717, 1.165) is 16.7 Å². The summed E-state index contributed by atoms with van der Waals surface area (Å²) in [6.45, 7) is 2.06. The van der Waals surface area contributed by atoms with E-state index in [2.05, 4.69) is 17.7 Å². The molecule has 5 heteroatoms. The van der Waals surface area contributed by atoms with Crippen LogP contribution < -0.4 is 5.73 Å². The highest BCUT2D eigenvalue weighted by atomic mass is 32.2. The molecule has 0 saturated carbocycles. The molecule has 1 atom stereocenters. The zero-order valence-corrected chi connectivity index (χ0v) is 12.2. The third-order valence-corrected chi connectivity index (χ3v) is 4.88. The number of rotatable bonds is 5. The Bertz CT molecular complexity index is 619. The van der Waals surface area contributed by atoms with Crippen LogP contribution in [0.1, 0.15) is 11.1 Å². The summed E-state index contributed by atoms with van der Waals surface area (Å²) >= 11 is 1.65. The second-order valence-corrected chi connectivity index (χ2v) is 6.52. The van der Waals surface area contributed by atoms with Crippen molar-refractivity contribution in [2.75, 3.05) is 5.75 Å². The van der Waals surface area contributed by atoms with E-state index in [1.807, 2.05) is 24.3 Å². The molecule has 0 spiro atoms. The fraction of sp³-hybridized carbons (Fsp3) is 0.214. The van der Waals surface area contributed by atoms with E-state index in [-0.39, 0.29) is 5.75 Å². The van der Waals surface area contributed by atoms with Gasteiger partial charge in [0.2, 0.25) is 5.91 Å². The Morgan fingerprint density at radius 2 is 2.00 bits per heavy atom. The lowest BCUT2D eigenvalue weighted by Crippen LogP contribution is -2.20. The molecule has 0 fully saturated rings. The zero-order valence-electron chi connectivity index (χ0n) is 10.6. The van der Waals surface area contributed by atoms with Crippen LogP contribution in [0.15, 0.2) is 35.0 Å². The molecule has 1 aromatic heterocycles. The molecule has 2 rings (SSSR count). The average molecular weight is 293 g/mol. The van der Waals surface area contributed by atoms with Gasteiger partial charge in [-0.2, -0.15) is 11.3 Å². The standard InChI is InChI=1S/C14H15NO2S2/c1-10-6-18-7-13(10)12-5-3-2-4-11(12)8-19(17)9-14(15)16/h2-7H,8-9H2,1H3,(H2,15,16)/t19-/m1/s1. The van der Waals surface area contributed by atoms with E-state index in [1.54, 1.807) is 11.3 Å². The number of amides is 1. The molecule has 19 heavy (non-hydrogen) atoms. The number of thiophene rings is 1. The van der Waals surface area contributed by atoms with Crippen molar-refractivity contribution < 1.29 is 9.00 Å². The summed E-state index contributed by atoms with van der Waals surface area (Å²) in [5.74, 6) is -0.256. The SMILES string of the molecule is Cc1cscc1-c1ccccc1C[S@@](=O)CC(N)=O. The van der Waals surface area contributed by atoms with Crippen molar-refractivity contribution in [2.24, 2.45) is 5.73 Å². The number of nitrogens with two attached hydrogens (primary N) is 1. The monoisotopic (exact) mass is 293 g/mol. The molecule has 1 amide bonds. The number of benzene rings is 1. The summed E-state index contributed by atoms with van der Waals surface area (Å²) in [6.07, 6.45) is 0. The van der Waals surface area contributed by atoms with Crippen molar-refractivity contribution in [3.8, 4) is 11.1 Å². The number of hydrogen-bond acceptors (Lipinski definition) is 3.